The van der Waals surface area contributed by atoms with Crippen LogP contribution >= 0.6 is 0 Å². The summed E-state index contributed by atoms with van der Waals surface area (Å²) in [4.78, 5) is 40.8. The van der Waals surface area contributed by atoms with Gasteiger partial charge in [-0.1, -0.05) is 29.8 Å². The van der Waals surface area contributed by atoms with Crippen molar-refractivity contribution in [1.82, 2.24) is 34.4 Å². The average molecular weight is 419 g/mol. The Kier molecular flexibility index (Phi) is 5.44. The number of aromatic nitrogens is 6. The van der Waals surface area contributed by atoms with E-state index in [4.69, 9.17) is 0 Å². The lowest BCUT2D eigenvalue weighted by Gasteiger charge is -2.08. The first kappa shape index (κ1) is 20.2. The third-order valence-corrected chi connectivity index (χ3v) is 4.86. The average Bonchev–Trinajstić information content (AvgIpc) is 3.16. The minimum atomic E-state index is -0.402. The molecule has 1 N–H and O–H groups in total. The molecule has 3 heterocycles. The molecule has 0 radical (unpaired) electrons. The number of nitrogens with zero attached hydrogens (tertiary/aromatic N) is 6. The highest BCUT2D eigenvalue weighted by atomic mass is 16.2. The molecule has 1 amide bonds. The van der Waals surface area contributed by atoms with Crippen LogP contribution in [0.2, 0.25) is 0 Å². The molecule has 0 saturated heterocycles. The fraction of sp³-hybridized carbons (Fsp3) is 0.238. The lowest BCUT2D eigenvalue weighted by Crippen LogP contribution is -2.30. The Morgan fingerprint density at radius 3 is 2.77 bits per heavy atom. The summed E-state index contributed by atoms with van der Waals surface area (Å²) in [6.45, 7) is 3.02. The van der Waals surface area contributed by atoms with E-state index in [1.165, 1.54) is 31.7 Å². The van der Waals surface area contributed by atoms with Gasteiger partial charge in [0.15, 0.2) is 5.65 Å². The van der Waals surface area contributed by atoms with Gasteiger partial charge in [-0.2, -0.15) is 10.2 Å². The van der Waals surface area contributed by atoms with Crippen molar-refractivity contribution in [2.45, 2.75) is 20.0 Å². The molecule has 1 aromatic carbocycles. The van der Waals surface area contributed by atoms with Gasteiger partial charge in [0.1, 0.15) is 17.4 Å². The number of benzene rings is 1. The fourth-order valence-electron chi connectivity index (χ4n) is 3.27. The Bertz CT molecular complexity index is 1380. The van der Waals surface area contributed by atoms with Gasteiger partial charge < -0.3 is 5.32 Å². The van der Waals surface area contributed by atoms with Crippen molar-refractivity contribution in [3.05, 3.63) is 86.5 Å². The monoisotopic (exact) mass is 419 g/mol. The summed E-state index contributed by atoms with van der Waals surface area (Å²) in [5.41, 5.74) is 2.28. The minimum absolute atomic E-state index is 0.143. The summed E-state index contributed by atoms with van der Waals surface area (Å²) in [5.74, 6) is -0.402. The third-order valence-electron chi connectivity index (χ3n) is 4.86. The molecule has 0 fully saturated rings. The Balaban J connectivity index is 1.46. The van der Waals surface area contributed by atoms with E-state index in [0.717, 1.165) is 15.8 Å². The minimum Gasteiger partial charge on any atom is -0.349 e. The molecular formula is C21H21N7O3. The van der Waals surface area contributed by atoms with Gasteiger partial charge in [0.05, 0.1) is 19.3 Å². The van der Waals surface area contributed by atoms with Crippen LogP contribution in [-0.4, -0.2) is 41.6 Å². The van der Waals surface area contributed by atoms with E-state index in [1.54, 1.807) is 9.25 Å². The normalized spacial score (nSPS) is 11.0. The first-order chi connectivity index (χ1) is 14.9. The van der Waals surface area contributed by atoms with E-state index in [1.807, 2.05) is 31.2 Å². The van der Waals surface area contributed by atoms with Crippen LogP contribution in [0.4, 0.5) is 0 Å². The van der Waals surface area contributed by atoms with Gasteiger partial charge in [-0.3, -0.25) is 19.0 Å². The van der Waals surface area contributed by atoms with Crippen molar-refractivity contribution in [2.75, 3.05) is 6.54 Å². The SMILES string of the molecule is Cc1cccc(Cn2cnc3c(cnn3CCNC(=O)c3ccc(=O)n(C)n3)c2=O)c1. The Morgan fingerprint density at radius 2 is 2.00 bits per heavy atom. The number of rotatable bonds is 6. The molecule has 158 valence electrons. The number of aryl methyl sites for hydroxylation is 2. The molecule has 0 atom stereocenters. The van der Waals surface area contributed by atoms with E-state index >= 15 is 0 Å². The van der Waals surface area contributed by atoms with Crippen molar-refractivity contribution >= 4 is 16.9 Å². The molecule has 0 spiro atoms. The third kappa shape index (κ3) is 4.27. The molecule has 0 aliphatic heterocycles. The van der Waals surface area contributed by atoms with Crippen LogP contribution < -0.4 is 16.4 Å². The molecule has 4 aromatic rings. The van der Waals surface area contributed by atoms with Gasteiger partial charge in [0.2, 0.25) is 0 Å². The maximum absolute atomic E-state index is 12.8. The molecule has 10 nitrogen and oxygen atoms in total. The van der Waals surface area contributed by atoms with E-state index in [2.05, 4.69) is 20.5 Å². The predicted molar refractivity (Wildman–Crippen MR) is 114 cm³/mol. The van der Waals surface area contributed by atoms with Gasteiger partial charge in [-0.15, -0.1) is 0 Å². The van der Waals surface area contributed by atoms with E-state index in [0.29, 0.717) is 24.1 Å². The Morgan fingerprint density at radius 1 is 1.16 bits per heavy atom. The highest BCUT2D eigenvalue weighted by Gasteiger charge is 2.12. The van der Waals surface area contributed by atoms with Crippen LogP contribution in [0.15, 0.2) is 58.5 Å². The van der Waals surface area contributed by atoms with Crippen LogP contribution in [0.1, 0.15) is 21.6 Å². The summed E-state index contributed by atoms with van der Waals surface area (Å²) in [6.07, 6.45) is 3.01. The first-order valence-electron chi connectivity index (χ1n) is 9.71. The highest BCUT2D eigenvalue weighted by Crippen LogP contribution is 2.08. The lowest BCUT2D eigenvalue weighted by atomic mass is 10.1. The number of hydrogen-bond donors (Lipinski definition) is 1. The van der Waals surface area contributed by atoms with E-state index in [9.17, 15) is 14.4 Å². The number of nitrogens with one attached hydrogen (secondary N) is 1. The van der Waals surface area contributed by atoms with Crippen LogP contribution in [-0.2, 0) is 20.1 Å². The largest absolute Gasteiger partial charge is 0.349 e. The first-order valence-corrected chi connectivity index (χ1v) is 9.71. The van der Waals surface area contributed by atoms with Crippen molar-refractivity contribution in [1.29, 1.82) is 0 Å². The second-order valence-corrected chi connectivity index (χ2v) is 7.21. The number of amides is 1. The molecule has 0 aliphatic carbocycles. The molecular weight excluding hydrogens is 398 g/mol. The fourth-order valence-corrected chi connectivity index (χ4v) is 3.27. The highest BCUT2D eigenvalue weighted by molar-refractivity contribution is 5.91. The number of carbonyl (C=O) groups excluding carboxylic acids is 1. The van der Waals surface area contributed by atoms with Gasteiger partial charge in [-0.25, -0.2) is 14.3 Å². The zero-order chi connectivity index (χ0) is 22.0. The molecule has 0 saturated carbocycles. The topological polar surface area (TPSA) is 117 Å². The summed E-state index contributed by atoms with van der Waals surface area (Å²) < 4.78 is 4.22. The predicted octanol–water partition coefficient (Wildman–Crippen LogP) is 0.473. The maximum atomic E-state index is 12.8. The summed E-state index contributed by atoms with van der Waals surface area (Å²) in [7, 11) is 1.48. The van der Waals surface area contributed by atoms with Crippen LogP contribution in [0.3, 0.4) is 0 Å². The zero-order valence-corrected chi connectivity index (χ0v) is 17.1. The van der Waals surface area contributed by atoms with Crippen LogP contribution in [0.25, 0.3) is 11.0 Å². The van der Waals surface area contributed by atoms with Crippen molar-refractivity contribution < 1.29 is 4.79 Å². The van der Waals surface area contributed by atoms with Crippen LogP contribution in [0.5, 0.6) is 0 Å². The van der Waals surface area contributed by atoms with E-state index in [-0.39, 0.29) is 23.4 Å². The summed E-state index contributed by atoms with van der Waals surface area (Å²) in [6, 6.07) is 10.6. The van der Waals surface area contributed by atoms with Crippen molar-refractivity contribution in [3.8, 4) is 0 Å². The molecule has 0 unspecified atom stereocenters. The standard InChI is InChI=1S/C21H21N7O3/c1-14-4-3-5-15(10-14)12-27-13-23-19-16(21(27)31)11-24-28(19)9-8-22-20(30)17-6-7-18(29)26(2)25-17/h3-7,10-11,13H,8-9,12H2,1-2H3,(H,22,30). The zero-order valence-electron chi connectivity index (χ0n) is 17.1. The molecule has 0 bridgehead atoms. The molecule has 0 aliphatic rings. The van der Waals surface area contributed by atoms with Crippen molar-refractivity contribution in [2.24, 2.45) is 7.05 Å². The second kappa shape index (κ2) is 8.34. The van der Waals surface area contributed by atoms with Crippen LogP contribution in [0, 0.1) is 6.92 Å². The Hall–Kier alpha value is -4.08. The molecule has 10 heteroatoms. The Labute approximate surface area is 176 Å². The number of hydrogen-bond acceptors (Lipinski definition) is 6. The summed E-state index contributed by atoms with van der Waals surface area (Å²) >= 11 is 0. The number of fused-ring (bicyclic) bond motifs is 1. The maximum Gasteiger partial charge on any atom is 0.271 e. The lowest BCUT2D eigenvalue weighted by molar-refractivity contribution is 0.0944. The second-order valence-electron chi connectivity index (χ2n) is 7.21. The molecule has 3 aromatic heterocycles. The number of carbonyl (C=O) groups is 1. The van der Waals surface area contributed by atoms with Crippen molar-refractivity contribution in [3.63, 3.8) is 0 Å². The van der Waals surface area contributed by atoms with Gasteiger partial charge >= 0.3 is 0 Å². The quantitative estimate of drug-likeness (QED) is 0.486. The molecule has 31 heavy (non-hydrogen) atoms. The van der Waals surface area contributed by atoms with Gasteiger partial charge in [0.25, 0.3) is 17.0 Å². The van der Waals surface area contributed by atoms with Gasteiger partial charge in [0, 0.05) is 19.7 Å². The van der Waals surface area contributed by atoms with E-state index < -0.39 is 5.91 Å². The van der Waals surface area contributed by atoms with Gasteiger partial charge in [-0.05, 0) is 18.6 Å². The molecule has 4 rings (SSSR count). The smallest absolute Gasteiger partial charge is 0.271 e. The summed E-state index contributed by atoms with van der Waals surface area (Å²) in [5, 5.41) is 11.3.